The molecule has 0 spiro atoms. The molecule has 0 aliphatic heterocycles. The minimum atomic E-state index is -0.0502. The molecular formula is C27H33ClN2. The quantitative estimate of drug-likeness (QED) is 0.469. The fourth-order valence-electron chi connectivity index (χ4n) is 5.10. The number of aryl methyl sites for hydroxylation is 2. The van der Waals surface area contributed by atoms with Crippen LogP contribution in [0, 0.1) is 6.92 Å². The van der Waals surface area contributed by atoms with E-state index in [1.165, 1.54) is 65.1 Å². The molecule has 2 nitrogen and oxygen atoms in total. The van der Waals surface area contributed by atoms with Gasteiger partial charge in [0.15, 0.2) is 0 Å². The first kappa shape index (κ1) is 21.3. The van der Waals surface area contributed by atoms with Gasteiger partial charge in [-0.25, -0.2) is 0 Å². The van der Waals surface area contributed by atoms with Gasteiger partial charge in [-0.3, -0.25) is 10.3 Å². The number of benzene rings is 2. The Kier molecular flexibility index (Phi) is 7.07. The third-order valence-corrected chi connectivity index (χ3v) is 7.20. The van der Waals surface area contributed by atoms with Crippen molar-refractivity contribution in [3.05, 3.63) is 69.8 Å². The molecule has 0 amide bonds. The maximum absolute atomic E-state index is 6.79. The Balaban J connectivity index is 1.55. The summed E-state index contributed by atoms with van der Waals surface area (Å²) in [5.41, 5.74) is 5.31. The molecule has 2 aliphatic carbocycles. The molecule has 1 saturated carbocycles. The molecule has 1 atom stereocenters. The van der Waals surface area contributed by atoms with Gasteiger partial charge in [0.1, 0.15) is 6.17 Å². The molecule has 0 aromatic heterocycles. The van der Waals surface area contributed by atoms with Crippen LogP contribution in [-0.4, -0.2) is 18.9 Å². The van der Waals surface area contributed by atoms with Crippen molar-refractivity contribution in [2.45, 2.75) is 76.9 Å². The number of hydrogen-bond donors (Lipinski definition) is 1. The molecule has 0 saturated heterocycles. The predicted octanol–water partition coefficient (Wildman–Crippen LogP) is 7.24. The minimum absolute atomic E-state index is 0.0502. The van der Waals surface area contributed by atoms with Crippen molar-refractivity contribution in [3.8, 4) is 0 Å². The highest BCUT2D eigenvalue weighted by atomic mass is 35.5. The molecule has 0 heterocycles. The Bertz CT molecular complexity index is 966. The van der Waals surface area contributed by atoms with E-state index in [1.54, 1.807) is 0 Å². The fraction of sp³-hybridized carbons (Fsp3) is 0.444. The molecule has 1 N–H and O–H groups in total. The molecule has 30 heavy (non-hydrogen) atoms. The van der Waals surface area contributed by atoms with E-state index in [0.717, 1.165) is 30.7 Å². The van der Waals surface area contributed by atoms with Crippen molar-refractivity contribution in [1.82, 2.24) is 5.32 Å². The normalized spacial score (nSPS) is 19.1. The van der Waals surface area contributed by atoms with Gasteiger partial charge in [0.05, 0.1) is 0 Å². The lowest BCUT2D eigenvalue weighted by Gasteiger charge is -2.30. The number of rotatable bonds is 7. The summed E-state index contributed by atoms with van der Waals surface area (Å²) in [6.45, 7) is 6.13. The van der Waals surface area contributed by atoms with E-state index in [2.05, 4.69) is 66.4 Å². The van der Waals surface area contributed by atoms with Crippen LogP contribution in [0.3, 0.4) is 0 Å². The van der Waals surface area contributed by atoms with E-state index in [0.29, 0.717) is 6.04 Å². The summed E-state index contributed by atoms with van der Waals surface area (Å²) in [5, 5.41) is 7.44. The van der Waals surface area contributed by atoms with Gasteiger partial charge in [0, 0.05) is 11.1 Å². The highest BCUT2D eigenvalue weighted by molar-refractivity contribution is 6.30. The van der Waals surface area contributed by atoms with Crippen LogP contribution in [0.15, 0.2) is 63.6 Å². The Labute approximate surface area is 186 Å². The van der Waals surface area contributed by atoms with Crippen LogP contribution >= 0.6 is 11.6 Å². The van der Waals surface area contributed by atoms with Gasteiger partial charge >= 0.3 is 0 Å². The minimum Gasteiger partial charge on any atom is -0.289 e. The van der Waals surface area contributed by atoms with Gasteiger partial charge in [0.2, 0.25) is 0 Å². The lowest BCUT2D eigenvalue weighted by atomic mass is 9.87. The molecule has 1 fully saturated rings. The van der Waals surface area contributed by atoms with E-state index in [1.807, 2.05) is 0 Å². The number of halogens is 1. The van der Waals surface area contributed by atoms with E-state index in [-0.39, 0.29) is 6.17 Å². The standard InChI is InChI=1S/C27H33ClN2/c1-19-15-16-20-9-6-7-12-23(20)22(19)17-18-24-25(13-8-14-26(24)28)27(29-2)30-21-10-4-3-5-11-21/h6-7,9,12-13,15-16,21,27,30H,2-5,8,10-11,14,17-18H2,1H3. The molecule has 1 unspecified atom stereocenters. The highest BCUT2D eigenvalue weighted by Gasteiger charge is 2.25. The Hall–Kier alpha value is -1.90. The van der Waals surface area contributed by atoms with E-state index >= 15 is 0 Å². The maximum Gasteiger partial charge on any atom is 0.125 e. The average molecular weight is 421 g/mol. The number of fused-ring (bicyclic) bond motifs is 1. The number of allylic oxidation sites excluding steroid dienone is 2. The summed E-state index contributed by atoms with van der Waals surface area (Å²) >= 11 is 6.79. The monoisotopic (exact) mass is 420 g/mol. The number of nitrogens with one attached hydrogen (secondary N) is 1. The first-order valence-corrected chi connectivity index (χ1v) is 11.8. The van der Waals surface area contributed by atoms with Crippen molar-refractivity contribution in [2.75, 3.05) is 0 Å². The van der Waals surface area contributed by atoms with Gasteiger partial charge in [-0.15, -0.1) is 0 Å². The lowest BCUT2D eigenvalue weighted by molar-refractivity contribution is 0.354. The second-order valence-electron chi connectivity index (χ2n) is 8.75. The molecule has 4 rings (SSSR count). The Morgan fingerprint density at radius 1 is 1.10 bits per heavy atom. The average Bonchev–Trinajstić information content (AvgIpc) is 2.78. The van der Waals surface area contributed by atoms with Crippen LogP contribution in [0.1, 0.15) is 62.5 Å². The van der Waals surface area contributed by atoms with Gasteiger partial charge in [0.25, 0.3) is 0 Å². The summed E-state index contributed by atoms with van der Waals surface area (Å²) in [6, 6.07) is 13.7. The Morgan fingerprint density at radius 2 is 1.90 bits per heavy atom. The van der Waals surface area contributed by atoms with E-state index in [9.17, 15) is 0 Å². The third kappa shape index (κ3) is 4.71. The second-order valence-corrected chi connectivity index (χ2v) is 9.21. The first-order chi connectivity index (χ1) is 14.7. The third-order valence-electron chi connectivity index (χ3n) is 6.78. The number of hydrogen-bond acceptors (Lipinski definition) is 2. The molecule has 2 aromatic carbocycles. The fourth-order valence-corrected chi connectivity index (χ4v) is 5.41. The zero-order valence-electron chi connectivity index (χ0n) is 18.1. The molecule has 2 aromatic rings. The van der Waals surface area contributed by atoms with Crippen molar-refractivity contribution in [2.24, 2.45) is 4.99 Å². The second kappa shape index (κ2) is 9.94. The van der Waals surface area contributed by atoms with Gasteiger partial charge < -0.3 is 0 Å². The molecule has 0 bridgehead atoms. The van der Waals surface area contributed by atoms with Crippen molar-refractivity contribution < 1.29 is 0 Å². The van der Waals surface area contributed by atoms with Crippen molar-refractivity contribution in [1.29, 1.82) is 0 Å². The first-order valence-electron chi connectivity index (χ1n) is 11.4. The van der Waals surface area contributed by atoms with Crippen LogP contribution < -0.4 is 5.32 Å². The summed E-state index contributed by atoms with van der Waals surface area (Å²) in [6.07, 6.45) is 12.6. The zero-order valence-corrected chi connectivity index (χ0v) is 18.8. The lowest BCUT2D eigenvalue weighted by Crippen LogP contribution is -2.40. The predicted molar refractivity (Wildman–Crippen MR) is 131 cm³/mol. The summed E-state index contributed by atoms with van der Waals surface area (Å²) < 4.78 is 0. The zero-order chi connectivity index (χ0) is 20.9. The molecule has 0 radical (unpaired) electrons. The van der Waals surface area contributed by atoms with Gasteiger partial charge in [-0.2, -0.15) is 0 Å². The smallest absolute Gasteiger partial charge is 0.125 e. The van der Waals surface area contributed by atoms with Crippen LogP contribution in [0.25, 0.3) is 10.8 Å². The molecule has 2 aliphatic rings. The highest BCUT2D eigenvalue weighted by Crippen LogP contribution is 2.35. The molecule has 158 valence electrons. The van der Waals surface area contributed by atoms with E-state index < -0.39 is 0 Å². The van der Waals surface area contributed by atoms with Gasteiger partial charge in [-0.1, -0.05) is 73.3 Å². The summed E-state index contributed by atoms with van der Waals surface area (Å²) in [5.74, 6) is 0. The largest absolute Gasteiger partial charge is 0.289 e. The SMILES string of the molecule is C=NC(NC1CCCCC1)C1=CCCC(Cl)=C1CCc1c(C)ccc2ccccc12. The molecular weight excluding hydrogens is 388 g/mol. The van der Waals surface area contributed by atoms with Crippen molar-refractivity contribution in [3.63, 3.8) is 0 Å². The summed E-state index contributed by atoms with van der Waals surface area (Å²) in [7, 11) is 0. The van der Waals surface area contributed by atoms with Crippen LogP contribution in [0.2, 0.25) is 0 Å². The van der Waals surface area contributed by atoms with Gasteiger partial charge in [-0.05, 0) is 85.2 Å². The number of nitrogens with zero attached hydrogens (tertiary/aromatic N) is 1. The topological polar surface area (TPSA) is 24.4 Å². The van der Waals surface area contributed by atoms with Crippen LogP contribution in [-0.2, 0) is 6.42 Å². The number of aliphatic imine (C=N–C) groups is 1. The van der Waals surface area contributed by atoms with Crippen molar-refractivity contribution >= 4 is 29.1 Å². The Morgan fingerprint density at radius 3 is 2.70 bits per heavy atom. The molecule has 3 heteroatoms. The van der Waals surface area contributed by atoms with Crippen LogP contribution in [0.5, 0.6) is 0 Å². The summed E-state index contributed by atoms with van der Waals surface area (Å²) in [4.78, 5) is 4.49. The van der Waals surface area contributed by atoms with E-state index in [4.69, 9.17) is 11.6 Å². The van der Waals surface area contributed by atoms with Crippen LogP contribution in [0.4, 0.5) is 0 Å². The maximum atomic E-state index is 6.79.